The van der Waals surface area contributed by atoms with Crippen molar-refractivity contribution in [3.63, 3.8) is 0 Å². The Balaban J connectivity index is 1.97. The molecule has 0 spiro atoms. The van der Waals surface area contributed by atoms with Crippen LogP contribution in [0, 0.1) is 5.92 Å². The van der Waals surface area contributed by atoms with E-state index < -0.39 is 10.0 Å². The summed E-state index contributed by atoms with van der Waals surface area (Å²) in [7, 11) is -1.83. The van der Waals surface area contributed by atoms with Gasteiger partial charge in [-0.25, -0.2) is 13.1 Å². The number of aromatic nitrogens is 1. The number of hydrogen-bond donors (Lipinski definition) is 2. The van der Waals surface area contributed by atoms with Gasteiger partial charge < -0.3 is 10.1 Å². The van der Waals surface area contributed by atoms with Gasteiger partial charge in [0.15, 0.2) is 0 Å². The van der Waals surface area contributed by atoms with Crippen molar-refractivity contribution in [2.45, 2.75) is 17.7 Å². The average molecular weight is 285 g/mol. The van der Waals surface area contributed by atoms with E-state index in [9.17, 15) is 8.42 Å². The van der Waals surface area contributed by atoms with Crippen molar-refractivity contribution in [2.24, 2.45) is 5.92 Å². The van der Waals surface area contributed by atoms with Crippen molar-refractivity contribution < 1.29 is 13.2 Å². The second kappa shape index (κ2) is 6.31. The molecule has 1 saturated heterocycles. The molecule has 1 fully saturated rings. The Morgan fingerprint density at radius 3 is 3.05 bits per heavy atom. The van der Waals surface area contributed by atoms with E-state index in [0.29, 0.717) is 18.2 Å². The molecule has 7 heteroatoms. The van der Waals surface area contributed by atoms with Gasteiger partial charge >= 0.3 is 0 Å². The maximum atomic E-state index is 12.2. The van der Waals surface area contributed by atoms with E-state index in [1.807, 2.05) is 0 Å². The molecular weight excluding hydrogens is 266 g/mol. The summed E-state index contributed by atoms with van der Waals surface area (Å²) < 4.78 is 32.2. The lowest BCUT2D eigenvalue weighted by Crippen LogP contribution is -2.27. The zero-order valence-electron chi connectivity index (χ0n) is 10.9. The molecule has 0 radical (unpaired) electrons. The summed E-state index contributed by atoms with van der Waals surface area (Å²) in [6.45, 7) is 1.94. The SMILES string of the molecule is CNc1ccncc1S(=O)(=O)NCCC1CCOC1. The second-order valence-corrected chi connectivity index (χ2v) is 6.27. The number of sulfonamides is 1. The van der Waals surface area contributed by atoms with Gasteiger partial charge in [-0.3, -0.25) is 4.98 Å². The van der Waals surface area contributed by atoms with Gasteiger partial charge in [0.25, 0.3) is 0 Å². The van der Waals surface area contributed by atoms with E-state index in [2.05, 4.69) is 15.0 Å². The number of nitrogens with one attached hydrogen (secondary N) is 2. The molecule has 6 nitrogen and oxygen atoms in total. The summed E-state index contributed by atoms with van der Waals surface area (Å²) in [6, 6.07) is 1.64. The van der Waals surface area contributed by atoms with Crippen molar-refractivity contribution in [2.75, 3.05) is 32.1 Å². The van der Waals surface area contributed by atoms with Gasteiger partial charge in [0, 0.05) is 39.2 Å². The number of rotatable bonds is 6. The van der Waals surface area contributed by atoms with Crippen molar-refractivity contribution >= 4 is 15.7 Å². The summed E-state index contributed by atoms with van der Waals surface area (Å²) in [4.78, 5) is 4.05. The number of nitrogens with zero attached hydrogens (tertiary/aromatic N) is 1. The lowest BCUT2D eigenvalue weighted by atomic mass is 10.1. The molecule has 0 saturated carbocycles. The molecule has 0 amide bonds. The fraction of sp³-hybridized carbons (Fsp3) is 0.583. The van der Waals surface area contributed by atoms with Crippen LogP contribution >= 0.6 is 0 Å². The lowest BCUT2D eigenvalue weighted by Gasteiger charge is -2.12. The molecule has 0 aliphatic carbocycles. The third-order valence-electron chi connectivity index (χ3n) is 3.21. The molecule has 1 aliphatic heterocycles. The maximum Gasteiger partial charge on any atom is 0.244 e. The van der Waals surface area contributed by atoms with Gasteiger partial charge in [0.05, 0.1) is 5.69 Å². The van der Waals surface area contributed by atoms with Crippen LogP contribution in [0.5, 0.6) is 0 Å². The van der Waals surface area contributed by atoms with E-state index in [1.165, 1.54) is 6.20 Å². The first kappa shape index (κ1) is 14.2. The summed E-state index contributed by atoms with van der Waals surface area (Å²) in [5.41, 5.74) is 0.548. The van der Waals surface area contributed by atoms with Crippen molar-refractivity contribution in [1.29, 1.82) is 0 Å². The maximum absolute atomic E-state index is 12.2. The average Bonchev–Trinajstić information content (AvgIpc) is 2.91. The van der Waals surface area contributed by atoms with Crippen LogP contribution in [0.3, 0.4) is 0 Å². The van der Waals surface area contributed by atoms with Crippen LogP contribution in [0.25, 0.3) is 0 Å². The summed E-state index contributed by atoms with van der Waals surface area (Å²) >= 11 is 0. The third kappa shape index (κ3) is 3.65. The predicted octanol–water partition coefficient (Wildman–Crippen LogP) is 0.828. The summed E-state index contributed by atoms with van der Waals surface area (Å²) in [5.74, 6) is 0.459. The fourth-order valence-corrected chi connectivity index (χ4v) is 3.29. The molecule has 1 unspecified atom stereocenters. The van der Waals surface area contributed by atoms with Crippen LogP contribution in [0.15, 0.2) is 23.4 Å². The first-order valence-corrected chi connectivity index (χ1v) is 7.81. The van der Waals surface area contributed by atoms with E-state index >= 15 is 0 Å². The normalized spacial score (nSPS) is 19.5. The second-order valence-electron chi connectivity index (χ2n) is 4.54. The molecule has 2 rings (SSSR count). The molecule has 1 aromatic rings. The Labute approximate surface area is 113 Å². The standard InChI is InChI=1S/C12H19N3O3S/c1-13-11-3-5-14-8-12(11)19(16,17)15-6-2-10-4-7-18-9-10/h3,5,8,10,15H,2,4,6-7,9H2,1H3,(H,13,14). The van der Waals surface area contributed by atoms with E-state index in [1.54, 1.807) is 19.3 Å². The smallest absolute Gasteiger partial charge is 0.244 e. The highest BCUT2D eigenvalue weighted by atomic mass is 32.2. The largest absolute Gasteiger partial charge is 0.387 e. The van der Waals surface area contributed by atoms with Crippen LogP contribution in [-0.4, -0.2) is 40.2 Å². The van der Waals surface area contributed by atoms with Crippen LogP contribution < -0.4 is 10.0 Å². The van der Waals surface area contributed by atoms with Crippen molar-refractivity contribution in [3.05, 3.63) is 18.5 Å². The summed E-state index contributed by atoms with van der Waals surface area (Å²) in [5, 5.41) is 2.85. The molecular formula is C12H19N3O3S. The van der Waals surface area contributed by atoms with Gasteiger partial charge in [0.1, 0.15) is 4.90 Å². The van der Waals surface area contributed by atoms with E-state index in [4.69, 9.17) is 4.74 Å². The van der Waals surface area contributed by atoms with Crippen molar-refractivity contribution in [1.82, 2.24) is 9.71 Å². The zero-order chi connectivity index (χ0) is 13.7. The van der Waals surface area contributed by atoms with Crippen LogP contribution in [0.4, 0.5) is 5.69 Å². The first-order chi connectivity index (χ1) is 9.13. The minimum absolute atomic E-state index is 0.181. The Morgan fingerprint density at radius 1 is 1.53 bits per heavy atom. The summed E-state index contributed by atoms with van der Waals surface area (Å²) in [6.07, 6.45) is 4.72. The number of ether oxygens (including phenoxy) is 1. The highest BCUT2D eigenvalue weighted by Crippen LogP contribution is 2.19. The van der Waals surface area contributed by atoms with Crippen molar-refractivity contribution in [3.8, 4) is 0 Å². The third-order valence-corrected chi connectivity index (χ3v) is 4.70. The Hall–Kier alpha value is -1.18. The van der Waals surface area contributed by atoms with Gasteiger partial charge in [0.2, 0.25) is 10.0 Å². The molecule has 1 aromatic heterocycles. The molecule has 1 aliphatic rings. The first-order valence-electron chi connectivity index (χ1n) is 6.32. The molecule has 19 heavy (non-hydrogen) atoms. The highest BCUT2D eigenvalue weighted by Gasteiger charge is 2.20. The van der Waals surface area contributed by atoms with Gasteiger partial charge in [-0.1, -0.05) is 0 Å². The predicted molar refractivity (Wildman–Crippen MR) is 72.5 cm³/mol. The number of anilines is 1. The quantitative estimate of drug-likeness (QED) is 0.809. The molecule has 0 bridgehead atoms. The zero-order valence-corrected chi connectivity index (χ0v) is 11.7. The van der Waals surface area contributed by atoms with Crippen LogP contribution in [0.1, 0.15) is 12.8 Å². The fourth-order valence-electron chi connectivity index (χ4n) is 2.09. The van der Waals surface area contributed by atoms with Crippen LogP contribution in [0.2, 0.25) is 0 Å². The van der Waals surface area contributed by atoms with E-state index in [-0.39, 0.29) is 4.90 Å². The topological polar surface area (TPSA) is 80.3 Å². The Kier molecular flexibility index (Phi) is 4.73. The van der Waals surface area contributed by atoms with Gasteiger partial charge in [-0.05, 0) is 24.8 Å². The lowest BCUT2D eigenvalue weighted by molar-refractivity contribution is 0.184. The molecule has 2 N–H and O–H groups in total. The molecule has 2 heterocycles. The number of hydrogen-bond acceptors (Lipinski definition) is 5. The minimum atomic E-state index is -3.51. The minimum Gasteiger partial charge on any atom is -0.387 e. The van der Waals surface area contributed by atoms with Crippen LogP contribution in [-0.2, 0) is 14.8 Å². The Bertz CT molecular complexity index is 513. The monoisotopic (exact) mass is 285 g/mol. The molecule has 106 valence electrons. The van der Waals surface area contributed by atoms with Gasteiger partial charge in [-0.2, -0.15) is 0 Å². The number of pyridine rings is 1. The Morgan fingerprint density at radius 2 is 2.37 bits per heavy atom. The van der Waals surface area contributed by atoms with Gasteiger partial charge in [-0.15, -0.1) is 0 Å². The molecule has 0 aromatic carbocycles. The highest BCUT2D eigenvalue weighted by molar-refractivity contribution is 7.89. The molecule has 1 atom stereocenters. The van der Waals surface area contributed by atoms with E-state index in [0.717, 1.165) is 26.1 Å².